The number of hydrogen-bond donors (Lipinski definition) is 1. The second kappa shape index (κ2) is 5.46. The van der Waals surface area contributed by atoms with Gasteiger partial charge in [0.1, 0.15) is 5.69 Å². The maximum absolute atomic E-state index is 6.16. The van der Waals surface area contributed by atoms with Crippen molar-refractivity contribution < 1.29 is 0 Å². The fourth-order valence-electron chi connectivity index (χ4n) is 2.19. The lowest BCUT2D eigenvalue weighted by atomic mass is 10.1. The molecule has 20 heavy (non-hydrogen) atoms. The maximum atomic E-state index is 6.16. The van der Waals surface area contributed by atoms with E-state index in [1.54, 1.807) is 18.3 Å². The standard InChI is InChI=1S/C15H17ClN4/c1-9-12(8-18-11-5-6-11)10(2)20-15(19-9)14-13(16)4-3-7-17-14/h3-4,7,11,18H,5-6,8H2,1-2H3. The Morgan fingerprint density at radius 1 is 1.25 bits per heavy atom. The van der Waals surface area contributed by atoms with E-state index >= 15 is 0 Å². The Bertz CT molecular complexity index is 615. The van der Waals surface area contributed by atoms with Gasteiger partial charge in [0.15, 0.2) is 5.82 Å². The largest absolute Gasteiger partial charge is 0.310 e. The Morgan fingerprint density at radius 3 is 2.55 bits per heavy atom. The number of nitrogens with one attached hydrogen (secondary N) is 1. The Hall–Kier alpha value is -1.52. The lowest BCUT2D eigenvalue weighted by Crippen LogP contribution is -2.18. The second-order valence-electron chi connectivity index (χ2n) is 5.19. The highest BCUT2D eigenvalue weighted by Gasteiger charge is 2.21. The van der Waals surface area contributed by atoms with Crippen LogP contribution in [0.15, 0.2) is 18.3 Å². The van der Waals surface area contributed by atoms with Gasteiger partial charge >= 0.3 is 0 Å². The molecule has 104 valence electrons. The van der Waals surface area contributed by atoms with Crippen molar-refractivity contribution in [2.75, 3.05) is 0 Å². The molecule has 1 fully saturated rings. The van der Waals surface area contributed by atoms with E-state index in [4.69, 9.17) is 11.6 Å². The van der Waals surface area contributed by atoms with Gasteiger partial charge in [0.2, 0.25) is 0 Å². The zero-order valence-corrected chi connectivity index (χ0v) is 12.4. The molecule has 1 N–H and O–H groups in total. The van der Waals surface area contributed by atoms with E-state index in [9.17, 15) is 0 Å². The molecule has 0 radical (unpaired) electrons. The summed E-state index contributed by atoms with van der Waals surface area (Å²) < 4.78 is 0. The number of rotatable bonds is 4. The van der Waals surface area contributed by atoms with Crippen LogP contribution in [-0.2, 0) is 6.54 Å². The highest BCUT2D eigenvalue weighted by atomic mass is 35.5. The number of hydrogen-bond acceptors (Lipinski definition) is 4. The minimum Gasteiger partial charge on any atom is -0.310 e. The van der Waals surface area contributed by atoms with Crippen LogP contribution in [0.3, 0.4) is 0 Å². The first-order valence-corrected chi connectivity index (χ1v) is 7.21. The van der Waals surface area contributed by atoms with Crippen molar-refractivity contribution in [2.24, 2.45) is 0 Å². The van der Waals surface area contributed by atoms with Gasteiger partial charge in [0.25, 0.3) is 0 Å². The molecule has 5 heteroatoms. The van der Waals surface area contributed by atoms with Gasteiger partial charge in [-0.2, -0.15) is 0 Å². The van der Waals surface area contributed by atoms with Crippen molar-refractivity contribution in [1.29, 1.82) is 0 Å². The van der Waals surface area contributed by atoms with Crippen LogP contribution in [0, 0.1) is 13.8 Å². The first-order chi connectivity index (χ1) is 9.65. The third-order valence-corrected chi connectivity index (χ3v) is 3.84. The first-order valence-electron chi connectivity index (χ1n) is 6.83. The van der Waals surface area contributed by atoms with Gasteiger partial charge in [-0.05, 0) is 38.8 Å². The van der Waals surface area contributed by atoms with Crippen molar-refractivity contribution in [2.45, 2.75) is 39.3 Å². The lowest BCUT2D eigenvalue weighted by Gasteiger charge is -2.11. The Labute approximate surface area is 123 Å². The molecular formula is C15H17ClN4. The quantitative estimate of drug-likeness (QED) is 0.939. The third-order valence-electron chi connectivity index (χ3n) is 3.54. The number of aromatic nitrogens is 3. The van der Waals surface area contributed by atoms with Crippen LogP contribution in [-0.4, -0.2) is 21.0 Å². The molecule has 4 nitrogen and oxygen atoms in total. The summed E-state index contributed by atoms with van der Waals surface area (Å²) >= 11 is 6.16. The summed E-state index contributed by atoms with van der Waals surface area (Å²) in [6.45, 7) is 4.86. The molecule has 1 aliphatic carbocycles. The van der Waals surface area contributed by atoms with Crippen LogP contribution < -0.4 is 5.32 Å². The molecule has 0 amide bonds. The predicted octanol–water partition coefficient (Wildman–Crippen LogP) is 3.06. The predicted molar refractivity (Wildman–Crippen MR) is 79.6 cm³/mol. The molecule has 2 aromatic rings. The molecule has 2 heterocycles. The van der Waals surface area contributed by atoms with E-state index in [2.05, 4.69) is 20.3 Å². The van der Waals surface area contributed by atoms with Gasteiger partial charge in [-0.3, -0.25) is 4.98 Å². The number of halogens is 1. The Morgan fingerprint density at radius 2 is 1.95 bits per heavy atom. The zero-order valence-electron chi connectivity index (χ0n) is 11.7. The fourth-order valence-corrected chi connectivity index (χ4v) is 2.39. The van der Waals surface area contributed by atoms with Crippen LogP contribution in [0.4, 0.5) is 0 Å². The van der Waals surface area contributed by atoms with E-state index in [1.807, 2.05) is 13.8 Å². The highest BCUT2D eigenvalue weighted by Crippen LogP contribution is 2.24. The summed E-state index contributed by atoms with van der Waals surface area (Å²) in [7, 11) is 0. The molecule has 0 bridgehead atoms. The van der Waals surface area contributed by atoms with Crippen LogP contribution in [0.5, 0.6) is 0 Å². The summed E-state index contributed by atoms with van der Waals surface area (Å²) in [5.74, 6) is 0.598. The molecular weight excluding hydrogens is 272 g/mol. The molecule has 0 aliphatic heterocycles. The molecule has 0 spiro atoms. The first kappa shape index (κ1) is 13.5. The van der Waals surface area contributed by atoms with Gasteiger partial charge in [-0.15, -0.1) is 0 Å². The molecule has 2 aromatic heterocycles. The van der Waals surface area contributed by atoms with E-state index in [1.165, 1.54) is 18.4 Å². The number of nitrogens with zero attached hydrogens (tertiary/aromatic N) is 3. The Balaban J connectivity index is 1.92. The maximum Gasteiger partial charge on any atom is 0.180 e. The van der Waals surface area contributed by atoms with Crippen molar-refractivity contribution in [3.05, 3.63) is 40.3 Å². The van der Waals surface area contributed by atoms with Crippen LogP contribution >= 0.6 is 11.6 Å². The van der Waals surface area contributed by atoms with E-state index in [0.717, 1.165) is 17.9 Å². The van der Waals surface area contributed by atoms with E-state index in [-0.39, 0.29) is 0 Å². The van der Waals surface area contributed by atoms with Gasteiger partial charge in [-0.1, -0.05) is 11.6 Å². The molecule has 0 atom stereocenters. The topological polar surface area (TPSA) is 50.7 Å². The number of aryl methyl sites for hydroxylation is 2. The van der Waals surface area contributed by atoms with E-state index < -0.39 is 0 Å². The van der Waals surface area contributed by atoms with Crippen LogP contribution in [0.25, 0.3) is 11.5 Å². The summed E-state index contributed by atoms with van der Waals surface area (Å²) in [6.07, 6.45) is 4.26. The van der Waals surface area contributed by atoms with Crippen LogP contribution in [0.2, 0.25) is 5.02 Å². The van der Waals surface area contributed by atoms with Crippen molar-refractivity contribution in [1.82, 2.24) is 20.3 Å². The zero-order chi connectivity index (χ0) is 14.1. The van der Waals surface area contributed by atoms with E-state index in [0.29, 0.717) is 22.6 Å². The minimum absolute atomic E-state index is 0.579. The third kappa shape index (κ3) is 2.81. The van der Waals surface area contributed by atoms with Crippen LogP contribution in [0.1, 0.15) is 29.8 Å². The van der Waals surface area contributed by atoms with Crippen molar-refractivity contribution in [3.63, 3.8) is 0 Å². The fraction of sp³-hybridized carbons (Fsp3) is 0.400. The molecule has 0 aromatic carbocycles. The van der Waals surface area contributed by atoms with Gasteiger partial charge in [0.05, 0.1) is 5.02 Å². The second-order valence-corrected chi connectivity index (χ2v) is 5.59. The average molecular weight is 289 g/mol. The van der Waals surface area contributed by atoms with Crippen molar-refractivity contribution >= 4 is 11.6 Å². The molecule has 0 saturated heterocycles. The van der Waals surface area contributed by atoms with Crippen molar-refractivity contribution in [3.8, 4) is 11.5 Å². The summed E-state index contributed by atoms with van der Waals surface area (Å²) in [6, 6.07) is 4.29. The lowest BCUT2D eigenvalue weighted by molar-refractivity contribution is 0.675. The van der Waals surface area contributed by atoms with Gasteiger partial charge in [0, 0.05) is 35.7 Å². The summed E-state index contributed by atoms with van der Waals surface area (Å²) in [4.78, 5) is 13.4. The normalized spacial score (nSPS) is 14.6. The van der Waals surface area contributed by atoms with Gasteiger partial charge < -0.3 is 5.32 Å². The minimum atomic E-state index is 0.579. The molecule has 1 saturated carbocycles. The monoisotopic (exact) mass is 288 g/mol. The average Bonchev–Trinajstić information content (AvgIpc) is 3.22. The summed E-state index contributed by atoms with van der Waals surface area (Å²) in [5.41, 5.74) is 3.79. The molecule has 3 rings (SSSR count). The smallest absolute Gasteiger partial charge is 0.180 e. The molecule has 1 aliphatic rings. The Kier molecular flexibility index (Phi) is 3.68. The summed E-state index contributed by atoms with van der Waals surface area (Å²) in [5, 5.41) is 4.08. The highest BCUT2D eigenvalue weighted by molar-refractivity contribution is 6.32. The SMILES string of the molecule is Cc1nc(-c2ncccc2Cl)nc(C)c1CNC1CC1. The van der Waals surface area contributed by atoms with Gasteiger partial charge in [-0.25, -0.2) is 9.97 Å². The number of pyridine rings is 1. The molecule has 0 unspecified atom stereocenters.